The van der Waals surface area contributed by atoms with Crippen molar-refractivity contribution in [3.05, 3.63) is 24.3 Å². The lowest BCUT2D eigenvalue weighted by Gasteiger charge is -2.35. The second-order valence-corrected chi connectivity index (χ2v) is 5.59. The average molecular weight is 275 g/mol. The molecule has 2 aliphatic rings. The van der Waals surface area contributed by atoms with E-state index in [-0.39, 0.29) is 11.9 Å². The van der Waals surface area contributed by atoms with Gasteiger partial charge in [0.2, 0.25) is 0 Å². The van der Waals surface area contributed by atoms with Crippen molar-refractivity contribution in [2.75, 3.05) is 20.2 Å². The molecule has 0 unspecified atom stereocenters. The molecule has 0 bridgehead atoms. The molecule has 3 rings (SSSR count). The van der Waals surface area contributed by atoms with Crippen LogP contribution in [0.1, 0.15) is 25.7 Å². The molecule has 20 heavy (non-hydrogen) atoms. The molecule has 2 atom stereocenters. The number of hydrogen-bond acceptors (Lipinski definition) is 4. The third-order valence-electron chi connectivity index (χ3n) is 4.42. The van der Waals surface area contributed by atoms with Crippen LogP contribution in [-0.4, -0.2) is 37.1 Å². The van der Waals surface area contributed by atoms with Crippen molar-refractivity contribution in [3.8, 4) is 11.5 Å². The first-order valence-corrected chi connectivity index (χ1v) is 7.38. The first-order valence-electron chi connectivity index (χ1n) is 7.38. The van der Waals surface area contributed by atoms with Crippen molar-refractivity contribution in [1.29, 1.82) is 0 Å². The second-order valence-electron chi connectivity index (χ2n) is 5.59. The summed E-state index contributed by atoms with van der Waals surface area (Å²) < 4.78 is 10.6. The molecule has 2 fully saturated rings. The fourth-order valence-corrected chi connectivity index (χ4v) is 3.40. The summed E-state index contributed by atoms with van der Waals surface area (Å²) in [5, 5.41) is 0. The summed E-state index contributed by atoms with van der Waals surface area (Å²) in [6.07, 6.45) is 4.38. The smallest absolute Gasteiger partial charge is 0.315 e. The van der Waals surface area contributed by atoms with Crippen LogP contribution in [0.3, 0.4) is 0 Å². The number of ether oxygens (including phenoxy) is 2. The van der Waals surface area contributed by atoms with Gasteiger partial charge in [-0.25, -0.2) is 0 Å². The van der Waals surface area contributed by atoms with Crippen LogP contribution >= 0.6 is 0 Å². The highest BCUT2D eigenvalue weighted by Gasteiger charge is 2.39. The van der Waals surface area contributed by atoms with Crippen LogP contribution in [0.4, 0.5) is 0 Å². The Morgan fingerprint density at radius 3 is 2.45 bits per heavy atom. The van der Waals surface area contributed by atoms with Crippen molar-refractivity contribution >= 4 is 5.97 Å². The van der Waals surface area contributed by atoms with Gasteiger partial charge in [-0.1, -0.05) is 0 Å². The molecule has 2 saturated heterocycles. The highest BCUT2D eigenvalue weighted by atomic mass is 16.5. The number of methoxy groups -OCH3 is 1. The molecule has 4 heteroatoms. The minimum atomic E-state index is -0.0771. The predicted molar refractivity (Wildman–Crippen MR) is 75.9 cm³/mol. The zero-order valence-corrected chi connectivity index (χ0v) is 11.9. The van der Waals surface area contributed by atoms with E-state index in [2.05, 4.69) is 4.90 Å². The number of carbonyl (C=O) groups excluding carboxylic acids is 1. The van der Waals surface area contributed by atoms with Crippen molar-refractivity contribution < 1.29 is 14.3 Å². The highest BCUT2D eigenvalue weighted by Crippen LogP contribution is 2.32. The number of carbonyl (C=O) groups is 1. The van der Waals surface area contributed by atoms with Crippen LogP contribution in [0.2, 0.25) is 0 Å². The summed E-state index contributed by atoms with van der Waals surface area (Å²) in [6, 6.07) is 7.59. The molecule has 1 aromatic carbocycles. The number of rotatable bonds is 3. The average Bonchev–Trinajstić information content (AvgIpc) is 2.96. The van der Waals surface area contributed by atoms with Crippen molar-refractivity contribution in [2.24, 2.45) is 5.92 Å². The van der Waals surface area contributed by atoms with Crippen molar-refractivity contribution in [3.63, 3.8) is 0 Å². The Labute approximate surface area is 119 Å². The lowest BCUT2D eigenvalue weighted by Crippen LogP contribution is -2.45. The molecular weight excluding hydrogens is 254 g/mol. The van der Waals surface area contributed by atoms with Crippen LogP contribution < -0.4 is 9.47 Å². The summed E-state index contributed by atoms with van der Waals surface area (Å²) in [7, 11) is 1.62. The van der Waals surface area contributed by atoms with E-state index in [1.807, 2.05) is 12.1 Å². The lowest BCUT2D eigenvalue weighted by molar-refractivity contribution is -0.142. The number of benzene rings is 1. The van der Waals surface area contributed by atoms with Crippen LogP contribution in [-0.2, 0) is 4.79 Å². The standard InChI is InChI=1S/C16H21NO3/c1-19-12-6-8-13(9-7-12)20-16(18)14-4-2-10-17-11-3-5-15(14)17/h6-9,14-15H,2-5,10-11H2,1H3/t14-,15+/m0/s1. The molecule has 0 N–H and O–H groups in total. The largest absolute Gasteiger partial charge is 0.497 e. The Morgan fingerprint density at radius 1 is 1.10 bits per heavy atom. The number of fused-ring (bicyclic) bond motifs is 1. The first kappa shape index (κ1) is 13.4. The molecule has 0 aliphatic carbocycles. The number of piperidine rings is 1. The van der Waals surface area contributed by atoms with Crippen molar-refractivity contribution in [2.45, 2.75) is 31.7 Å². The molecule has 2 aliphatic heterocycles. The summed E-state index contributed by atoms with van der Waals surface area (Å²) in [6.45, 7) is 2.27. The van der Waals surface area contributed by atoms with Crippen LogP contribution in [0.15, 0.2) is 24.3 Å². The van der Waals surface area contributed by atoms with Gasteiger partial charge in [0.05, 0.1) is 13.0 Å². The predicted octanol–water partition coefficient (Wildman–Crippen LogP) is 2.48. The van der Waals surface area contributed by atoms with Crippen LogP contribution in [0, 0.1) is 5.92 Å². The van der Waals surface area contributed by atoms with Crippen LogP contribution in [0.25, 0.3) is 0 Å². The zero-order valence-electron chi connectivity index (χ0n) is 11.9. The van der Waals surface area contributed by atoms with E-state index in [0.29, 0.717) is 11.8 Å². The summed E-state index contributed by atoms with van der Waals surface area (Å²) in [5.41, 5.74) is 0. The number of nitrogens with zero attached hydrogens (tertiary/aromatic N) is 1. The maximum Gasteiger partial charge on any atom is 0.315 e. The molecule has 0 saturated carbocycles. The maximum absolute atomic E-state index is 12.4. The van der Waals surface area contributed by atoms with Crippen LogP contribution in [0.5, 0.6) is 11.5 Å². The van der Waals surface area contributed by atoms with E-state index in [4.69, 9.17) is 9.47 Å². The van der Waals surface area contributed by atoms with Gasteiger partial charge in [0.1, 0.15) is 11.5 Å². The molecule has 0 aromatic heterocycles. The molecule has 4 nitrogen and oxygen atoms in total. The molecule has 0 amide bonds. The normalized spacial score (nSPS) is 26.1. The van der Waals surface area contributed by atoms with Gasteiger partial charge < -0.3 is 9.47 Å². The molecular formula is C16H21NO3. The van der Waals surface area contributed by atoms with E-state index in [9.17, 15) is 4.79 Å². The quantitative estimate of drug-likeness (QED) is 0.627. The lowest BCUT2D eigenvalue weighted by atomic mass is 9.89. The Hall–Kier alpha value is -1.55. The molecule has 0 spiro atoms. The van der Waals surface area contributed by atoms with E-state index in [0.717, 1.165) is 38.1 Å². The fraction of sp³-hybridized carbons (Fsp3) is 0.562. The maximum atomic E-state index is 12.4. The Balaban J connectivity index is 1.65. The van der Waals surface area contributed by atoms with Gasteiger partial charge in [0.15, 0.2) is 0 Å². The molecule has 108 valence electrons. The Morgan fingerprint density at radius 2 is 1.75 bits per heavy atom. The molecule has 0 radical (unpaired) electrons. The van der Waals surface area contributed by atoms with Gasteiger partial charge in [-0.05, 0) is 63.0 Å². The Kier molecular flexibility index (Phi) is 3.92. The van der Waals surface area contributed by atoms with E-state index in [1.165, 1.54) is 6.42 Å². The third kappa shape index (κ3) is 2.66. The van der Waals surface area contributed by atoms with E-state index < -0.39 is 0 Å². The van der Waals surface area contributed by atoms with Gasteiger partial charge in [0.25, 0.3) is 0 Å². The van der Waals surface area contributed by atoms with Gasteiger partial charge >= 0.3 is 5.97 Å². The zero-order chi connectivity index (χ0) is 13.9. The third-order valence-corrected chi connectivity index (χ3v) is 4.42. The van der Waals surface area contributed by atoms with Crippen molar-refractivity contribution in [1.82, 2.24) is 4.90 Å². The summed E-state index contributed by atoms with van der Waals surface area (Å²) in [5.74, 6) is 1.33. The fourth-order valence-electron chi connectivity index (χ4n) is 3.40. The minimum absolute atomic E-state index is 0.0355. The summed E-state index contributed by atoms with van der Waals surface area (Å²) >= 11 is 0. The molecule has 2 heterocycles. The first-order chi connectivity index (χ1) is 9.78. The highest BCUT2D eigenvalue weighted by molar-refractivity contribution is 5.76. The SMILES string of the molecule is COc1ccc(OC(=O)[C@H]2CCCN3CCC[C@H]23)cc1. The topological polar surface area (TPSA) is 38.8 Å². The Bertz CT molecular complexity index is 471. The monoisotopic (exact) mass is 275 g/mol. The minimum Gasteiger partial charge on any atom is -0.497 e. The number of hydrogen-bond donors (Lipinski definition) is 0. The summed E-state index contributed by atoms with van der Waals surface area (Å²) in [4.78, 5) is 14.8. The van der Waals surface area contributed by atoms with E-state index >= 15 is 0 Å². The second kappa shape index (κ2) is 5.83. The molecule has 1 aromatic rings. The van der Waals surface area contributed by atoms with Gasteiger partial charge in [-0.3, -0.25) is 9.69 Å². The number of esters is 1. The van der Waals surface area contributed by atoms with E-state index in [1.54, 1.807) is 19.2 Å². The van der Waals surface area contributed by atoms with Gasteiger partial charge in [-0.2, -0.15) is 0 Å². The van der Waals surface area contributed by atoms with Gasteiger partial charge in [-0.15, -0.1) is 0 Å². The van der Waals surface area contributed by atoms with Gasteiger partial charge in [0, 0.05) is 6.04 Å².